The van der Waals surface area contributed by atoms with E-state index in [-0.39, 0.29) is 31.0 Å². The number of amides is 1. The second-order valence-electron chi connectivity index (χ2n) is 5.68. The molecule has 2 aromatic heterocycles. The zero-order chi connectivity index (χ0) is 18.7. The summed E-state index contributed by atoms with van der Waals surface area (Å²) in [7, 11) is 0. The van der Waals surface area contributed by atoms with Crippen LogP contribution in [0.3, 0.4) is 0 Å². The van der Waals surface area contributed by atoms with Crippen LogP contribution in [0.2, 0.25) is 0 Å². The molecule has 0 aliphatic heterocycles. The highest BCUT2D eigenvalue weighted by Crippen LogP contribution is 2.32. The average Bonchev–Trinajstić information content (AvgIpc) is 2.94. The highest BCUT2D eigenvalue weighted by molar-refractivity contribution is 7.19. The summed E-state index contributed by atoms with van der Waals surface area (Å²) in [4.78, 5) is 22.4. The third-order valence-corrected chi connectivity index (χ3v) is 4.84. The first kappa shape index (κ1) is 18.4. The monoisotopic (exact) mass is 378 g/mol. The van der Waals surface area contributed by atoms with Crippen molar-refractivity contribution in [2.24, 2.45) is 0 Å². The van der Waals surface area contributed by atoms with Gasteiger partial charge in [-0.05, 0) is 30.2 Å². The van der Waals surface area contributed by atoms with Gasteiger partial charge in [-0.25, -0.2) is 19.2 Å². The molecule has 1 amide bonds. The molecule has 0 radical (unpaired) electrons. The van der Waals surface area contributed by atoms with Crippen LogP contribution in [0.25, 0.3) is 10.2 Å². The Balaban J connectivity index is 2.03. The summed E-state index contributed by atoms with van der Waals surface area (Å²) in [6.45, 7) is 1.45. The number of hydrogen-bond donors (Lipinski definition) is 2. The summed E-state index contributed by atoms with van der Waals surface area (Å²) in [5, 5.41) is 9.08. The van der Waals surface area contributed by atoms with Crippen molar-refractivity contribution in [2.75, 3.05) is 13.2 Å². The SMILES string of the molecule is Cc1ccc(Cc2sc3ncc(F)cc3c2C(=O)NOCCO)c(F)c1. The lowest BCUT2D eigenvalue weighted by Gasteiger charge is -2.08. The lowest BCUT2D eigenvalue weighted by atomic mass is 10.0. The van der Waals surface area contributed by atoms with Crippen LogP contribution in [0.1, 0.15) is 26.4 Å². The van der Waals surface area contributed by atoms with E-state index in [1.54, 1.807) is 19.1 Å². The molecule has 8 heteroatoms. The Morgan fingerprint density at radius 3 is 2.88 bits per heavy atom. The lowest BCUT2D eigenvalue weighted by molar-refractivity contribution is 0.0169. The van der Waals surface area contributed by atoms with E-state index in [4.69, 9.17) is 9.94 Å². The van der Waals surface area contributed by atoms with Gasteiger partial charge in [-0.3, -0.25) is 9.63 Å². The fourth-order valence-corrected chi connectivity index (χ4v) is 3.70. The Morgan fingerprint density at radius 1 is 1.35 bits per heavy atom. The van der Waals surface area contributed by atoms with Gasteiger partial charge in [0.2, 0.25) is 0 Å². The van der Waals surface area contributed by atoms with Crippen molar-refractivity contribution < 1.29 is 23.5 Å². The van der Waals surface area contributed by atoms with Gasteiger partial charge in [0, 0.05) is 16.7 Å². The van der Waals surface area contributed by atoms with Gasteiger partial charge in [0.1, 0.15) is 16.5 Å². The number of pyridine rings is 1. The summed E-state index contributed by atoms with van der Waals surface area (Å²) < 4.78 is 27.8. The third-order valence-electron chi connectivity index (χ3n) is 3.73. The molecule has 26 heavy (non-hydrogen) atoms. The van der Waals surface area contributed by atoms with Crippen LogP contribution in [0.15, 0.2) is 30.5 Å². The highest BCUT2D eigenvalue weighted by Gasteiger charge is 2.21. The maximum Gasteiger partial charge on any atom is 0.276 e. The van der Waals surface area contributed by atoms with E-state index < -0.39 is 11.7 Å². The van der Waals surface area contributed by atoms with Gasteiger partial charge < -0.3 is 5.11 Å². The number of halogens is 2. The highest BCUT2D eigenvalue weighted by atomic mass is 32.1. The second kappa shape index (κ2) is 7.86. The van der Waals surface area contributed by atoms with Gasteiger partial charge in [-0.15, -0.1) is 11.3 Å². The van der Waals surface area contributed by atoms with Crippen molar-refractivity contribution in [1.82, 2.24) is 10.5 Å². The number of rotatable bonds is 6. The molecule has 0 atom stereocenters. The normalized spacial score (nSPS) is 11.1. The maximum absolute atomic E-state index is 14.2. The molecule has 0 saturated heterocycles. The molecule has 0 fully saturated rings. The van der Waals surface area contributed by atoms with Crippen LogP contribution in [0.4, 0.5) is 8.78 Å². The first-order valence-electron chi connectivity index (χ1n) is 7.84. The minimum Gasteiger partial charge on any atom is -0.394 e. The summed E-state index contributed by atoms with van der Waals surface area (Å²) in [5.74, 6) is -1.54. The number of aromatic nitrogens is 1. The molecule has 0 spiro atoms. The minimum absolute atomic E-state index is 0.0810. The number of benzene rings is 1. The Hall–Kier alpha value is -2.42. The van der Waals surface area contributed by atoms with E-state index in [0.29, 0.717) is 20.7 Å². The molecule has 2 heterocycles. The summed E-state index contributed by atoms with van der Waals surface area (Å²) in [6, 6.07) is 6.08. The number of carbonyl (C=O) groups is 1. The number of aryl methyl sites for hydroxylation is 1. The third kappa shape index (κ3) is 3.87. The van der Waals surface area contributed by atoms with E-state index in [0.717, 1.165) is 11.8 Å². The van der Waals surface area contributed by atoms with Gasteiger partial charge in [-0.2, -0.15) is 0 Å². The van der Waals surface area contributed by atoms with Crippen LogP contribution in [-0.2, 0) is 11.3 Å². The number of hydroxylamine groups is 1. The van der Waals surface area contributed by atoms with Crippen molar-refractivity contribution in [3.63, 3.8) is 0 Å². The van der Waals surface area contributed by atoms with Gasteiger partial charge >= 0.3 is 0 Å². The van der Waals surface area contributed by atoms with Crippen molar-refractivity contribution in [2.45, 2.75) is 13.3 Å². The molecule has 2 N–H and O–H groups in total. The smallest absolute Gasteiger partial charge is 0.276 e. The first-order valence-corrected chi connectivity index (χ1v) is 8.66. The Bertz CT molecular complexity index is 959. The molecule has 0 bridgehead atoms. The van der Waals surface area contributed by atoms with Gasteiger partial charge in [0.25, 0.3) is 5.91 Å². The first-order chi connectivity index (χ1) is 12.5. The molecular formula is C18H16F2N2O3S. The van der Waals surface area contributed by atoms with E-state index in [1.165, 1.54) is 23.5 Å². The van der Waals surface area contributed by atoms with Crippen molar-refractivity contribution >= 4 is 27.5 Å². The number of nitrogens with one attached hydrogen (secondary N) is 1. The molecule has 0 aliphatic carbocycles. The van der Waals surface area contributed by atoms with Gasteiger partial charge in [-0.1, -0.05) is 12.1 Å². The molecule has 0 unspecified atom stereocenters. The average molecular weight is 378 g/mol. The summed E-state index contributed by atoms with van der Waals surface area (Å²) >= 11 is 1.20. The fourth-order valence-electron chi connectivity index (χ4n) is 2.56. The Morgan fingerprint density at radius 2 is 2.15 bits per heavy atom. The number of fused-ring (bicyclic) bond motifs is 1. The van der Waals surface area contributed by atoms with Crippen molar-refractivity contribution in [3.8, 4) is 0 Å². The Labute approximate surface area is 152 Å². The molecule has 3 aromatic rings. The van der Waals surface area contributed by atoms with Gasteiger partial charge in [0.05, 0.1) is 25.0 Å². The number of carbonyl (C=O) groups excluding carboxylic acids is 1. The number of aliphatic hydroxyl groups is 1. The zero-order valence-electron chi connectivity index (χ0n) is 13.9. The van der Waals surface area contributed by atoms with Crippen molar-refractivity contribution in [1.29, 1.82) is 0 Å². The number of nitrogens with zero attached hydrogens (tertiary/aromatic N) is 1. The van der Waals surface area contributed by atoms with Crippen LogP contribution in [0.5, 0.6) is 0 Å². The second-order valence-corrected chi connectivity index (χ2v) is 6.77. The van der Waals surface area contributed by atoms with Crippen LogP contribution in [-0.4, -0.2) is 29.2 Å². The molecular weight excluding hydrogens is 362 g/mol. The van der Waals surface area contributed by atoms with Crippen LogP contribution >= 0.6 is 11.3 Å². The quantitative estimate of drug-likeness (QED) is 0.511. The molecule has 0 saturated carbocycles. The van der Waals surface area contributed by atoms with Crippen LogP contribution < -0.4 is 5.48 Å². The number of thiophene rings is 1. The zero-order valence-corrected chi connectivity index (χ0v) is 14.7. The van der Waals surface area contributed by atoms with Gasteiger partial charge in [0.15, 0.2) is 0 Å². The van der Waals surface area contributed by atoms with Crippen LogP contribution in [0, 0.1) is 18.6 Å². The topological polar surface area (TPSA) is 71.5 Å². The minimum atomic E-state index is -0.598. The largest absolute Gasteiger partial charge is 0.394 e. The van der Waals surface area contributed by atoms with E-state index in [9.17, 15) is 13.6 Å². The predicted molar refractivity (Wildman–Crippen MR) is 94.0 cm³/mol. The maximum atomic E-state index is 14.2. The van der Waals surface area contributed by atoms with Crippen molar-refractivity contribution in [3.05, 3.63) is 63.7 Å². The molecule has 1 aromatic carbocycles. The van der Waals surface area contributed by atoms with E-state index >= 15 is 0 Å². The molecule has 0 aliphatic rings. The standard InChI is InChI=1S/C18H16F2N2O3S/c1-10-2-3-11(14(20)6-10)7-15-16(17(24)22-25-5-4-23)13-8-12(19)9-21-18(13)26-15/h2-3,6,8-9,23H,4-5,7H2,1H3,(H,22,24). The lowest BCUT2D eigenvalue weighted by Crippen LogP contribution is -2.25. The Kier molecular flexibility index (Phi) is 5.55. The van der Waals surface area contributed by atoms with E-state index in [1.807, 2.05) is 0 Å². The number of aliphatic hydroxyl groups excluding tert-OH is 1. The summed E-state index contributed by atoms with van der Waals surface area (Å²) in [5.41, 5.74) is 3.62. The molecule has 5 nitrogen and oxygen atoms in total. The molecule has 3 rings (SSSR count). The predicted octanol–water partition coefficient (Wildman–Crippen LogP) is 3.13. The summed E-state index contributed by atoms with van der Waals surface area (Å²) in [6.07, 6.45) is 1.23. The number of hydrogen-bond acceptors (Lipinski definition) is 5. The van der Waals surface area contributed by atoms with E-state index in [2.05, 4.69) is 10.5 Å². The fraction of sp³-hybridized carbons (Fsp3) is 0.222. The molecule has 136 valence electrons.